The third-order valence-corrected chi connectivity index (χ3v) is 5.82. The van der Waals surface area contributed by atoms with Gasteiger partial charge in [-0.3, -0.25) is 28.4 Å². The molecule has 0 N–H and O–H groups in total. The maximum Gasteiger partial charge on any atom is 0.332 e. The quantitative estimate of drug-likeness (QED) is 0.658. The fraction of sp³-hybridized carbons (Fsp3) is 0.429. The van der Waals surface area contributed by atoms with Gasteiger partial charge in [0.1, 0.15) is 18.1 Å². The molecule has 0 unspecified atom stereocenters. The van der Waals surface area contributed by atoms with E-state index in [-0.39, 0.29) is 29.6 Å². The van der Waals surface area contributed by atoms with Crippen LogP contribution in [0.4, 0.5) is 11.5 Å². The van der Waals surface area contributed by atoms with Crippen LogP contribution in [0.25, 0.3) is 0 Å². The molecular formula is C21H25N5O5. The summed E-state index contributed by atoms with van der Waals surface area (Å²) in [7, 11) is 3.06. The number of para-hydroxylation sites is 2. The molecule has 4 rings (SSSR count). The number of benzene rings is 1. The Hall–Kier alpha value is -3.56. The lowest BCUT2D eigenvalue weighted by molar-refractivity contribution is -0.133. The molecule has 0 radical (unpaired) electrons. The summed E-state index contributed by atoms with van der Waals surface area (Å²) in [5, 5.41) is 0. The second-order valence-corrected chi connectivity index (χ2v) is 7.76. The zero-order valence-electron chi connectivity index (χ0n) is 17.8. The average Bonchev–Trinajstić information content (AvgIpc) is 2.78. The molecule has 10 heteroatoms. The van der Waals surface area contributed by atoms with Crippen LogP contribution in [0, 0.1) is 0 Å². The van der Waals surface area contributed by atoms with Gasteiger partial charge in [0.05, 0.1) is 5.69 Å². The molecule has 31 heavy (non-hydrogen) atoms. The lowest BCUT2D eigenvalue weighted by Gasteiger charge is -2.38. The van der Waals surface area contributed by atoms with Crippen LogP contribution in [0.15, 0.2) is 39.9 Å². The van der Waals surface area contributed by atoms with Gasteiger partial charge in [-0.1, -0.05) is 12.1 Å². The van der Waals surface area contributed by atoms with Crippen LogP contribution in [0.2, 0.25) is 0 Å². The van der Waals surface area contributed by atoms with E-state index in [4.69, 9.17) is 4.74 Å². The zero-order valence-corrected chi connectivity index (χ0v) is 17.8. The number of anilines is 2. The normalized spacial score (nSPS) is 18.6. The summed E-state index contributed by atoms with van der Waals surface area (Å²) in [6.07, 6.45) is -0.651. The molecule has 0 aliphatic carbocycles. The number of piperazine rings is 1. The molecule has 2 amide bonds. The van der Waals surface area contributed by atoms with Crippen molar-refractivity contribution in [2.45, 2.75) is 13.0 Å². The van der Waals surface area contributed by atoms with Crippen molar-refractivity contribution in [3.8, 4) is 5.75 Å². The van der Waals surface area contributed by atoms with Crippen molar-refractivity contribution < 1.29 is 14.3 Å². The molecule has 1 atom stereocenters. The number of amides is 2. The molecule has 164 valence electrons. The summed E-state index contributed by atoms with van der Waals surface area (Å²) in [5.74, 6) is 0.709. The first-order valence-electron chi connectivity index (χ1n) is 10.1. The smallest absolute Gasteiger partial charge is 0.332 e. The van der Waals surface area contributed by atoms with E-state index in [1.807, 2.05) is 11.0 Å². The van der Waals surface area contributed by atoms with Crippen LogP contribution >= 0.6 is 0 Å². The highest BCUT2D eigenvalue weighted by molar-refractivity contribution is 6.03. The van der Waals surface area contributed by atoms with Gasteiger partial charge in [0.2, 0.25) is 5.91 Å². The van der Waals surface area contributed by atoms with Gasteiger partial charge in [-0.05, 0) is 19.1 Å². The minimum Gasteiger partial charge on any atom is -0.479 e. The Morgan fingerprint density at radius 2 is 1.71 bits per heavy atom. The van der Waals surface area contributed by atoms with Gasteiger partial charge >= 0.3 is 5.69 Å². The molecule has 0 bridgehead atoms. The summed E-state index contributed by atoms with van der Waals surface area (Å²) in [5.41, 5.74) is -0.164. The van der Waals surface area contributed by atoms with Crippen LogP contribution in [-0.4, -0.2) is 64.7 Å². The molecule has 10 nitrogen and oxygen atoms in total. The van der Waals surface area contributed by atoms with Gasteiger partial charge in [-0.15, -0.1) is 0 Å². The van der Waals surface area contributed by atoms with Crippen LogP contribution in [0.1, 0.15) is 6.92 Å². The van der Waals surface area contributed by atoms with Gasteiger partial charge < -0.3 is 14.5 Å². The predicted molar refractivity (Wildman–Crippen MR) is 115 cm³/mol. The summed E-state index contributed by atoms with van der Waals surface area (Å²) < 4.78 is 8.12. The lowest BCUT2D eigenvalue weighted by atomic mass is 10.2. The van der Waals surface area contributed by atoms with Gasteiger partial charge in [-0.25, -0.2) is 4.79 Å². The van der Waals surface area contributed by atoms with E-state index in [1.165, 1.54) is 22.6 Å². The molecule has 0 spiro atoms. The molecule has 1 aromatic heterocycles. The molecule has 2 aliphatic heterocycles. The third kappa shape index (κ3) is 3.69. The highest BCUT2D eigenvalue weighted by Gasteiger charge is 2.34. The van der Waals surface area contributed by atoms with Crippen molar-refractivity contribution in [3.05, 3.63) is 51.2 Å². The SMILES string of the molecule is C[C@@H]1Oc2ccccc2N(CC(=O)N2CCN(c3cc(=O)n(C)c(=O)n3C)CC2)C1=O. The Morgan fingerprint density at radius 3 is 2.42 bits per heavy atom. The molecule has 1 saturated heterocycles. The first-order chi connectivity index (χ1) is 14.8. The third-order valence-electron chi connectivity index (χ3n) is 5.82. The number of hydrogen-bond donors (Lipinski definition) is 0. The van der Waals surface area contributed by atoms with Gasteiger partial charge in [-0.2, -0.15) is 0 Å². The van der Waals surface area contributed by atoms with E-state index < -0.39 is 6.10 Å². The topological polar surface area (TPSA) is 97.1 Å². The zero-order chi connectivity index (χ0) is 22.3. The monoisotopic (exact) mass is 427 g/mol. The van der Waals surface area contributed by atoms with E-state index in [2.05, 4.69) is 0 Å². The highest BCUT2D eigenvalue weighted by Crippen LogP contribution is 2.33. The molecule has 1 aromatic carbocycles. The number of carbonyl (C=O) groups is 2. The number of carbonyl (C=O) groups excluding carboxylic acids is 2. The van der Waals surface area contributed by atoms with Crippen molar-refractivity contribution in [1.82, 2.24) is 14.0 Å². The van der Waals surface area contributed by atoms with Crippen LogP contribution < -0.4 is 25.8 Å². The van der Waals surface area contributed by atoms with Crippen molar-refractivity contribution in [2.24, 2.45) is 14.1 Å². The second-order valence-electron chi connectivity index (χ2n) is 7.76. The Labute approximate surface area is 178 Å². The first kappa shape index (κ1) is 20.7. The maximum absolute atomic E-state index is 13.0. The number of fused-ring (bicyclic) bond motifs is 1. The Morgan fingerprint density at radius 1 is 1.03 bits per heavy atom. The van der Waals surface area contributed by atoms with E-state index in [0.29, 0.717) is 43.4 Å². The minimum absolute atomic E-state index is 0.0616. The fourth-order valence-electron chi connectivity index (χ4n) is 3.97. The minimum atomic E-state index is -0.651. The largest absolute Gasteiger partial charge is 0.479 e. The van der Waals surface area contributed by atoms with E-state index in [0.717, 1.165) is 4.57 Å². The molecule has 2 aromatic rings. The molecular weight excluding hydrogens is 402 g/mol. The van der Waals surface area contributed by atoms with Crippen LogP contribution in [0.3, 0.4) is 0 Å². The number of ether oxygens (including phenoxy) is 1. The Kier molecular flexibility index (Phi) is 5.30. The number of nitrogens with zero attached hydrogens (tertiary/aromatic N) is 5. The second kappa shape index (κ2) is 7.93. The van der Waals surface area contributed by atoms with Crippen molar-refractivity contribution in [2.75, 3.05) is 42.5 Å². The Balaban J connectivity index is 1.46. The summed E-state index contributed by atoms with van der Waals surface area (Å²) in [4.78, 5) is 54.9. The van der Waals surface area contributed by atoms with E-state index in [1.54, 1.807) is 37.1 Å². The van der Waals surface area contributed by atoms with Gasteiger partial charge in [0, 0.05) is 46.3 Å². The predicted octanol–water partition coefficient (Wildman–Crippen LogP) is -0.453. The standard InChI is InChI=1S/C21H25N5O5/c1-14-20(29)26(15-6-4-5-7-16(15)31-14)13-19(28)25-10-8-24(9-11-25)17-12-18(27)23(3)21(30)22(17)2/h4-7,12,14H,8-11,13H2,1-3H3/t14-/m0/s1. The van der Waals surface area contributed by atoms with E-state index >= 15 is 0 Å². The van der Waals surface area contributed by atoms with Crippen LogP contribution in [0.5, 0.6) is 5.75 Å². The number of hydrogen-bond acceptors (Lipinski definition) is 6. The fourth-order valence-corrected chi connectivity index (χ4v) is 3.97. The number of aromatic nitrogens is 2. The summed E-state index contributed by atoms with van der Waals surface area (Å²) in [6.45, 7) is 3.43. The average molecular weight is 427 g/mol. The Bertz CT molecular complexity index is 1150. The van der Waals surface area contributed by atoms with Gasteiger partial charge in [0.25, 0.3) is 11.5 Å². The van der Waals surface area contributed by atoms with Crippen molar-refractivity contribution >= 4 is 23.3 Å². The van der Waals surface area contributed by atoms with Crippen molar-refractivity contribution in [3.63, 3.8) is 0 Å². The number of rotatable bonds is 3. The molecule has 1 fully saturated rings. The lowest BCUT2D eigenvalue weighted by Crippen LogP contribution is -2.54. The van der Waals surface area contributed by atoms with Crippen LogP contribution in [-0.2, 0) is 23.7 Å². The summed E-state index contributed by atoms with van der Waals surface area (Å²) in [6, 6.07) is 8.61. The molecule has 2 aliphatic rings. The van der Waals surface area contributed by atoms with E-state index in [9.17, 15) is 19.2 Å². The molecule has 3 heterocycles. The summed E-state index contributed by atoms with van der Waals surface area (Å²) >= 11 is 0. The molecule has 0 saturated carbocycles. The first-order valence-corrected chi connectivity index (χ1v) is 10.1. The highest BCUT2D eigenvalue weighted by atomic mass is 16.5. The van der Waals surface area contributed by atoms with Gasteiger partial charge in [0.15, 0.2) is 6.10 Å². The van der Waals surface area contributed by atoms with Crippen molar-refractivity contribution in [1.29, 1.82) is 0 Å². The maximum atomic E-state index is 13.0.